The van der Waals surface area contributed by atoms with Gasteiger partial charge in [0.1, 0.15) is 5.82 Å². The normalized spacial score (nSPS) is 12.5. The molecule has 0 radical (unpaired) electrons. The third-order valence-electron chi connectivity index (χ3n) is 3.39. The largest absolute Gasteiger partial charge is 0.305 e. The highest BCUT2D eigenvalue weighted by Crippen LogP contribution is 2.29. The van der Waals surface area contributed by atoms with Crippen LogP contribution in [0.2, 0.25) is 0 Å². The van der Waals surface area contributed by atoms with E-state index < -0.39 is 0 Å². The van der Waals surface area contributed by atoms with Gasteiger partial charge in [-0.2, -0.15) is 0 Å². The summed E-state index contributed by atoms with van der Waals surface area (Å²) in [5.74, 6) is -0.183. The highest BCUT2D eigenvalue weighted by atomic mass is 32.1. The van der Waals surface area contributed by atoms with E-state index in [2.05, 4.69) is 41.2 Å². The second kappa shape index (κ2) is 6.52. The van der Waals surface area contributed by atoms with Gasteiger partial charge in [-0.3, -0.25) is 0 Å². The highest BCUT2D eigenvalue weighted by Gasteiger charge is 2.08. The lowest BCUT2D eigenvalue weighted by molar-refractivity contribution is 0.568. The van der Waals surface area contributed by atoms with Crippen LogP contribution in [0, 0.1) is 5.82 Å². The van der Waals surface area contributed by atoms with E-state index in [1.54, 1.807) is 34.8 Å². The summed E-state index contributed by atoms with van der Waals surface area (Å²) in [6.45, 7) is 2.86. The van der Waals surface area contributed by atoms with Crippen LogP contribution in [0.4, 0.5) is 4.39 Å². The van der Waals surface area contributed by atoms with E-state index in [0.717, 1.165) is 12.1 Å². The number of hydrogen-bond acceptors (Lipinski definition) is 3. The summed E-state index contributed by atoms with van der Waals surface area (Å²) < 4.78 is 13.2. The molecule has 108 valence electrons. The SMILES string of the molecule is C[C@@H](NCc1cc(-c2cccs2)cs1)c1cccc(F)c1. The fraction of sp³-hybridized carbons (Fsp3) is 0.176. The second-order valence-electron chi connectivity index (χ2n) is 4.94. The van der Waals surface area contributed by atoms with Crippen molar-refractivity contribution >= 4 is 22.7 Å². The molecule has 3 rings (SSSR count). The zero-order valence-corrected chi connectivity index (χ0v) is 13.3. The van der Waals surface area contributed by atoms with Crippen LogP contribution in [0.3, 0.4) is 0 Å². The van der Waals surface area contributed by atoms with Crippen molar-refractivity contribution in [3.05, 3.63) is 69.5 Å². The van der Waals surface area contributed by atoms with Crippen LogP contribution in [0.15, 0.2) is 53.2 Å². The van der Waals surface area contributed by atoms with Gasteiger partial charge in [0.15, 0.2) is 0 Å². The van der Waals surface area contributed by atoms with E-state index in [9.17, 15) is 4.39 Å². The van der Waals surface area contributed by atoms with Crippen molar-refractivity contribution in [1.29, 1.82) is 0 Å². The molecule has 0 bridgehead atoms. The smallest absolute Gasteiger partial charge is 0.123 e. The van der Waals surface area contributed by atoms with Crippen molar-refractivity contribution in [2.45, 2.75) is 19.5 Å². The second-order valence-corrected chi connectivity index (χ2v) is 6.88. The van der Waals surface area contributed by atoms with E-state index in [1.807, 2.05) is 6.07 Å². The molecule has 0 saturated heterocycles. The average Bonchev–Trinajstić information content (AvgIpc) is 3.15. The molecule has 21 heavy (non-hydrogen) atoms. The first kappa shape index (κ1) is 14.4. The Hall–Kier alpha value is -1.49. The predicted molar refractivity (Wildman–Crippen MR) is 89.3 cm³/mol. The summed E-state index contributed by atoms with van der Waals surface area (Å²) in [5, 5.41) is 7.73. The van der Waals surface area contributed by atoms with Gasteiger partial charge >= 0.3 is 0 Å². The predicted octanol–water partition coefficient (Wildman–Crippen LogP) is 5.47. The third kappa shape index (κ3) is 3.59. The molecule has 0 aliphatic carbocycles. The summed E-state index contributed by atoms with van der Waals surface area (Å²) in [6, 6.07) is 13.3. The first-order chi connectivity index (χ1) is 10.2. The Morgan fingerprint density at radius 3 is 2.81 bits per heavy atom. The van der Waals surface area contributed by atoms with Crippen LogP contribution in [0.5, 0.6) is 0 Å². The van der Waals surface area contributed by atoms with Gasteiger partial charge in [0.2, 0.25) is 0 Å². The molecule has 0 aliphatic rings. The minimum atomic E-state index is -0.183. The van der Waals surface area contributed by atoms with Crippen LogP contribution in [-0.4, -0.2) is 0 Å². The molecule has 0 saturated carbocycles. The molecular weight excluding hydrogens is 301 g/mol. The molecular formula is C17H16FNS2. The van der Waals surface area contributed by atoms with Crippen molar-refractivity contribution in [2.75, 3.05) is 0 Å². The number of rotatable bonds is 5. The van der Waals surface area contributed by atoms with Crippen molar-refractivity contribution in [3.8, 4) is 10.4 Å². The highest BCUT2D eigenvalue weighted by molar-refractivity contribution is 7.14. The molecule has 3 aromatic rings. The lowest BCUT2D eigenvalue weighted by Gasteiger charge is -2.13. The quantitative estimate of drug-likeness (QED) is 0.658. The molecule has 2 heterocycles. The van der Waals surface area contributed by atoms with E-state index in [1.165, 1.54) is 21.4 Å². The fourth-order valence-corrected chi connectivity index (χ4v) is 3.82. The summed E-state index contributed by atoms with van der Waals surface area (Å²) in [6.07, 6.45) is 0. The van der Waals surface area contributed by atoms with Gasteiger partial charge in [-0.15, -0.1) is 22.7 Å². The summed E-state index contributed by atoms with van der Waals surface area (Å²) >= 11 is 3.52. The van der Waals surface area contributed by atoms with Crippen molar-refractivity contribution in [1.82, 2.24) is 5.32 Å². The molecule has 1 atom stereocenters. The Labute approximate surface area is 132 Å². The number of hydrogen-bond donors (Lipinski definition) is 1. The van der Waals surface area contributed by atoms with Gasteiger partial charge in [-0.05, 0) is 47.5 Å². The third-order valence-corrected chi connectivity index (χ3v) is 5.25. The molecule has 2 aromatic heterocycles. The van der Waals surface area contributed by atoms with E-state index >= 15 is 0 Å². The Morgan fingerprint density at radius 2 is 2.05 bits per heavy atom. The summed E-state index contributed by atoms with van der Waals surface area (Å²) in [7, 11) is 0. The lowest BCUT2D eigenvalue weighted by atomic mass is 10.1. The molecule has 1 aromatic carbocycles. The van der Waals surface area contributed by atoms with E-state index in [-0.39, 0.29) is 11.9 Å². The topological polar surface area (TPSA) is 12.0 Å². The Kier molecular flexibility index (Phi) is 4.48. The van der Waals surface area contributed by atoms with Crippen LogP contribution in [-0.2, 0) is 6.54 Å². The van der Waals surface area contributed by atoms with Gasteiger partial charge in [0.05, 0.1) is 0 Å². The minimum absolute atomic E-state index is 0.132. The van der Waals surface area contributed by atoms with Crippen LogP contribution in [0.1, 0.15) is 23.4 Å². The standard InChI is InChI=1S/C17H16FNS2/c1-12(13-4-2-5-15(18)8-13)19-10-16-9-14(11-21-16)17-6-3-7-20-17/h2-9,11-12,19H,10H2,1H3/t12-/m1/s1. The van der Waals surface area contributed by atoms with Crippen molar-refractivity contribution < 1.29 is 4.39 Å². The van der Waals surface area contributed by atoms with Gasteiger partial charge in [0, 0.05) is 27.9 Å². The van der Waals surface area contributed by atoms with Crippen molar-refractivity contribution in [3.63, 3.8) is 0 Å². The maximum atomic E-state index is 13.2. The molecule has 0 spiro atoms. The van der Waals surface area contributed by atoms with Crippen LogP contribution in [0.25, 0.3) is 10.4 Å². The average molecular weight is 317 g/mol. The van der Waals surface area contributed by atoms with Gasteiger partial charge in [-0.25, -0.2) is 4.39 Å². The number of thiophene rings is 2. The van der Waals surface area contributed by atoms with Crippen LogP contribution < -0.4 is 5.32 Å². The maximum Gasteiger partial charge on any atom is 0.123 e. The zero-order chi connectivity index (χ0) is 14.7. The van der Waals surface area contributed by atoms with Gasteiger partial charge in [0.25, 0.3) is 0 Å². The fourth-order valence-electron chi connectivity index (χ4n) is 2.19. The number of benzene rings is 1. The zero-order valence-electron chi connectivity index (χ0n) is 11.7. The Morgan fingerprint density at radius 1 is 1.14 bits per heavy atom. The molecule has 0 aliphatic heterocycles. The van der Waals surface area contributed by atoms with Gasteiger partial charge in [-0.1, -0.05) is 18.2 Å². The maximum absolute atomic E-state index is 13.2. The number of halogens is 1. The Bertz CT molecular complexity index is 703. The van der Waals surface area contributed by atoms with E-state index in [0.29, 0.717) is 0 Å². The summed E-state index contributed by atoms with van der Waals surface area (Å²) in [4.78, 5) is 2.59. The van der Waals surface area contributed by atoms with Crippen LogP contribution >= 0.6 is 22.7 Å². The monoisotopic (exact) mass is 317 g/mol. The van der Waals surface area contributed by atoms with Crippen molar-refractivity contribution in [2.24, 2.45) is 0 Å². The lowest BCUT2D eigenvalue weighted by Crippen LogP contribution is -2.17. The molecule has 1 nitrogen and oxygen atoms in total. The Balaban J connectivity index is 1.63. The molecule has 0 amide bonds. The summed E-state index contributed by atoms with van der Waals surface area (Å²) in [5.41, 5.74) is 2.26. The molecule has 4 heteroatoms. The molecule has 0 unspecified atom stereocenters. The minimum Gasteiger partial charge on any atom is -0.305 e. The molecule has 0 fully saturated rings. The van der Waals surface area contributed by atoms with E-state index in [4.69, 9.17) is 0 Å². The number of nitrogens with one attached hydrogen (secondary N) is 1. The molecule has 1 N–H and O–H groups in total. The first-order valence-corrected chi connectivity index (χ1v) is 8.58. The first-order valence-electron chi connectivity index (χ1n) is 6.82. The van der Waals surface area contributed by atoms with Gasteiger partial charge < -0.3 is 5.32 Å².